The Morgan fingerprint density at radius 2 is 2.19 bits per heavy atom. The molecule has 1 heterocycles. The molecule has 0 radical (unpaired) electrons. The maximum absolute atomic E-state index is 9.04. The number of nitrogens with two attached hydrogens (primary N) is 1. The van der Waals surface area contributed by atoms with Gasteiger partial charge in [0.05, 0.1) is 5.92 Å². The third kappa shape index (κ3) is 4.44. The Kier molecular flexibility index (Phi) is 5.59. The number of amidine groups is 1. The van der Waals surface area contributed by atoms with E-state index in [4.69, 9.17) is 10.9 Å². The van der Waals surface area contributed by atoms with Crippen molar-refractivity contribution >= 4 is 5.84 Å². The van der Waals surface area contributed by atoms with Crippen molar-refractivity contribution in [1.29, 1.82) is 0 Å². The average molecular weight is 290 g/mol. The number of rotatable bonds is 6. The Morgan fingerprint density at radius 1 is 1.48 bits per heavy atom. The number of hydrogen-bond donors (Lipinski definition) is 2. The lowest BCUT2D eigenvalue weighted by Gasteiger charge is -2.26. The predicted molar refractivity (Wildman–Crippen MR) is 85.7 cm³/mol. The zero-order valence-corrected chi connectivity index (χ0v) is 12.9. The summed E-state index contributed by atoms with van der Waals surface area (Å²) < 4.78 is 0. The third-order valence-corrected chi connectivity index (χ3v) is 4.23. The molecule has 0 aromatic heterocycles. The molecule has 1 aliphatic rings. The van der Waals surface area contributed by atoms with Crippen LogP contribution < -0.4 is 5.73 Å². The van der Waals surface area contributed by atoms with E-state index in [0.717, 1.165) is 25.2 Å². The van der Waals surface area contributed by atoms with Gasteiger partial charge in [0.1, 0.15) is 5.84 Å². The minimum Gasteiger partial charge on any atom is -0.409 e. The Balaban J connectivity index is 1.98. The van der Waals surface area contributed by atoms with Gasteiger partial charge in [-0.05, 0) is 38.5 Å². The molecule has 21 heavy (non-hydrogen) atoms. The van der Waals surface area contributed by atoms with E-state index in [9.17, 15) is 0 Å². The topological polar surface area (TPSA) is 65.1 Å². The molecule has 5 nitrogen and oxygen atoms in total. The van der Waals surface area contributed by atoms with Crippen molar-refractivity contribution in [2.45, 2.75) is 12.3 Å². The molecule has 1 aliphatic heterocycles. The van der Waals surface area contributed by atoms with Gasteiger partial charge >= 0.3 is 0 Å². The van der Waals surface area contributed by atoms with Gasteiger partial charge in [-0.1, -0.05) is 35.5 Å². The summed E-state index contributed by atoms with van der Waals surface area (Å²) in [6.07, 6.45) is 1.25. The van der Waals surface area contributed by atoms with Crippen molar-refractivity contribution in [3.63, 3.8) is 0 Å². The predicted octanol–water partition coefficient (Wildman–Crippen LogP) is 1.40. The van der Waals surface area contributed by atoms with Crippen molar-refractivity contribution in [2.24, 2.45) is 16.8 Å². The van der Waals surface area contributed by atoms with Crippen LogP contribution in [0.15, 0.2) is 35.5 Å². The highest BCUT2D eigenvalue weighted by Gasteiger charge is 2.23. The molecule has 5 heteroatoms. The van der Waals surface area contributed by atoms with Crippen LogP contribution in [0.4, 0.5) is 0 Å². The van der Waals surface area contributed by atoms with E-state index in [0.29, 0.717) is 5.92 Å². The second-order valence-corrected chi connectivity index (χ2v) is 6.13. The molecule has 1 saturated heterocycles. The maximum Gasteiger partial charge on any atom is 0.147 e. The fraction of sp³-hybridized carbons (Fsp3) is 0.562. The molecule has 1 fully saturated rings. The standard InChI is InChI=1S/C16H26N4O/c1-19-9-8-13(10-19)11-20(2)12-15(16(17)18-21)14-6-4-3-5-7-14/h3-7,13,15,21H,8-12H2,1-2H3,(H2,17,18). The van der Waals surface area contributed by atoms with Gasteiger partial charge in [0, 0.05) is 19.6 Å². The van der Waals surface area contributed by atoms with Crippen molar-refractivity contribution in [3.05, 3.63) is 35.9 Å². The Bertz CT molecular complexity index is 463. The SMILES string of the molecule is CN1CCC(CN(C)CC(C(N)=NO)c2ccccc2)C1. The van der Waals surface area contributed by atoms with Crippen LogP contribution in [0.2, 0.25) is 0 Å². The average Bonchev–Trinajstić information content (AvgIpc) is 2.90. The first-order valence-corrected chi connectivity index (χ1v) is 7.49. The summed E-state index contributed by atoms with van der Waals surface area (Å²) in [5, 5.41) is 12.3. The summed E-state index contributed by atoms with van der Waals surface area (Å²) in [6.45, 7) is 4.15. The highest BCUT2D eigenvalue weighted by atomic mass is 16.4. The van der Waals surface area contributed by atoms with Crippen LogP contribution in [0.5, 0.6) is 0 Å². The van der Waals surface area contributed by atoms with Crippen molar-refractivity contribution in [3.8, 4) is 0 Å². The van der Waals surface area contributed by atoms with Crippen LogP contribution in [0, 0.1) is 5.92 Å². The first-order valence-electron chi connectivity index (χ1n) is 7.49. The number of oxime groups is 1. The molecular formula is C16H26N4O. The molecular weight excluding hydrogens is 264 g/mol. The number of likely N-dealkylation sites (N-methyl/N-ethyl adjacent to an activating group) is 1. The normalized spacial score (nSPS) is 21.9. The van der Waals surface area contributed by atoms with Gasteiger partial charge in [0.25, 0.3) is 0 Å². The molecule has 2 atom stereocenters. The summed E-state index contributed by atoms with van der Waals surface area (Å²) in [4.78, 5) is 4.66. The first-order chi connectivity index (χ1) is 10.1. The Labute approximate surface area is 127 Å². The van der Waals surface area contributed by atoms with E-state index in [-0.39, 0.29) is 11.8 Å². The van der Waals surface area contributed by atoms with Crippen LogP contribution in [-0.2, 0) is 0 Å². The van der Waals surface area contributed by atoms with Gasteiger partial charge < -0.3 is 20.7 Å². The molecule has 1 aromatic carbocycles. The van der Waals surface area contributed by atoms with Gasteiger partial charge in [0.15, 0.2) is 0 Å². The molecule has 0 spiro atoms. The fourth-order valence-electron chi connectivity index (χ4n) is 3.13. The highest BCUT2D eigenvalue weighted by Crippen LogP contribution is 2.20. The summed E-state index contributed by atoms with van der Waals surface area (Å²) in [7, 11) is 4.28. The second-order valence-electron chi connectivity index (χ2n) is 6.13. The minimum atomic E-state index is -0.0691. The molecule has 0 aliphatic carbocycles. The van der Waals surface area contributed by atoms with Crippen LogP contribution in [0.1, 0.15) is 17.9 Å². The molecule has 0 saturated carbocycles. The van der Waals surface area contributed by atoms with E-state index in [1.54, 1.807) is 0 Å². The Morgan fingerprint density at radius 3 is 2.76 bits per heavy atom. The van der Waals surface area contributed by atoms with Gasteiger partial charge in [-0.15, -0.1) is 0 Å². The van der Waals surface area contributed by atoms with Crippen molar-refractivity contribution in [2.75, 3.05) is 40.3 Å². The molecule has 116 valence electrons. The first kappa shape index (κ1) is 15.8. The molecule has 0 amide bonds. The molecule has 1 aromatic rings. The fourth-order valence-corrected chi connectivity index (χ4v) is 3.13. The summed E-state index contributed by atoms with van der Waals surface area (Å²) in [5.41, 5.74) is 6.98. The lowest BCUT2D eigenvalue weighted by molar-refractivity contribution is 0.267. The largest absolute Gasteiger partial charge is 0.409 e. The number of likely N-dealkylation sites (tertiary alicyclic amines) is 1. The van der Waals surface area contributed by atoms with Crippen molar-refractivity contribution < 1.29 is 5.21 Å². The number of benzene rings is 1. The van der Waals surface area contributed by atoms with Gasteiger partial charge in [-0.3, -0.25) is 0 Å². The highest BCUT2D eigenvalue weighted by molar-refractivity contribution is 5.87. The van der Waals surface area contributed by atoms with Crippen molar-refractivity contribution in [1.82, 2.24) is 9.80 Å². The summed E-state index contributed by atoms with van der Waals surface area (Å²) in [6, 6.07) is 10.0. The van der Waals surface area contributed by atoms with Gasteiger partial charge in [0.2, 0.25) is 0 Å². The minimum absolute atomic E-state index is 0.0691. The molecule has 2 rings (SSSR count). The molecule has 0 bridgehead atoms. The lowest BCUT2D eigenvalue weighted by Crippen LogP contribution is -2.36. The second kappa shape index (κ2) is 7.43. The van der Waals surface area contributed by atoms with E-state index in [1.807, 2.05) is 30.3 Å². The van der Waals surface area contributed by atoms with E-state index < -0.39 is 0 Å². The van der Waals surface area contributed by atoms with E-state index >= 15 is 0 Å². The summed E-state index contributed by atoms with van der Waals surface area (Å²) in [5.74, 6) is 0.917. The van der Waals surface area contributed by atoms with E-state index in [2.05, 4.69) is 29.1 Å². The molecule has 2 unspecified atom stereocenters. The third-order valence-electron chi connectivity index (χ3n) is 4.23. The van der Waals surface area contributed by atoms with Crippen LogP contribution >= 0.6 is 0 Å². The van der Waals surface area contributed by atoms with Crippen LogP contribution in [-0.4, -0.2) is 61.1 Å². The quantitative estimate of drug-likeness (QED) is 0.360. The van der Waals surface area contributed by atoms with Crippen LogP contribution in [0.3, 0.4) is 0 Å². The number of nitrogens with zero attached hydrogens (tertiary/aromatic N) is 3. The van der Waals surface area contributed by atoms with Gasteiger partial charge in [-0.25, -0.2) is 0 Å². The zero-order chi connectivity index (χ0) is 15.2. The molecule has 3 N–H and O–H groups in total. The summed E-state index contributed by atoms with van der Waals surface area (Å²) >= 11 is 0. The van der Waals surface area contributed by atoms with Crippen LogP contribution in [0.25, 0.3) is 0 Å². The zero-order valence-electron chi connectivity index (χ0n) is 12.9. The maximum atomic E-state index is 9.04. The Hall–Kier alpha value is -1.59. The van der Waals surface area contributed by atoms with Gasteiger partial charge in [-0.2, -0.15) is 0 Å². The number of hydrogen-bond acceptors (Lipinski definition) is 4. The lowest BCUT2D eigenvalue weighted by atomic mass is 9.97. The smallest absolute Gasteiger partial charge is 0.147 e. The monoisotopic (exact) mass is 290 g/mol. The van der Waals surface area contributed by atoms with E-state index in [1.165, 1.54) is 13.0 Å².